The van der Waals surface area contributed by atoms with Crippen LogP contribution < -0.4 is 5.46 Å². The number of rotatable bonds is 3. The Bertz CT molecular complexity index is 598. The van der Waals surface area contributed by atoms with Gasteiger partial charge in [-0.25, -0.2) is 0 Å². The number of hydrogen-bond donors (Lipinski definition) is 4. The average molecular weight is 274 g/mol. The highest BCUT2D eigenvalue weighted by atomic mass is 32.1. The second-order valence-electron chi connectivity index (χ2n) is 3.74. The van der Waals surface area contributed by atoms with Crippen molar-refractivity contribution in [2.24, 2.45) is 0 Å². The van der Waals surface area contributed by atoms with Gasteiger partial charge in [0.05, 0.1) is 4.88 Å². The predicted molar refractivity (Wildman–Crippen MR) is 75.3 cm³/mol. The van der Waals surface area contributed by atoms with Crippen LogP contribution in [0.5, 0.6) is 0 Å². The van der Waals surface area contributed by atoms with E-state index in [0.717, 1.165) is 11.3 Å². The molecule has 0 fully saturated rings. The maximum atomic E-state index is 8.99. The lowest BCUT2D eigenvalue weighted by Crippen LogP contribution is -2.28. The fourth-order valence-electron chi connectivity index (χ4n) is 1.41. The molecule has 19 heavy (non-hydrogen) atoms. The molecule has 0 unspecified atom stereocenters. The van der Waals surface area contributed by atoms with Crippen LogP contribution in [0.15, 0.2) is 41.8 Å². The molecule has 1 aromatic heterocycles. The topological polar surface area (TPSA) is 97.4 Å². The van der Waals surface area contributed by atoms with Gasteiger partial charge in [-0.15, -0.1) is 11.3 Å². The van der Waals surface area contributed by atoms with Gasteiger partial charge < -0.3 is 14.8 Å². The lowest BCUT2D eigenvalue weighted by atomic mass is 9.83. The molecule has 96 valence electrons. The first kappa shape index (κ1) is 13.5. The number of ether oxygens (including phenoxy) is 1. The normalized spacial score (nSPS) is 10.0. The molecule has 0 aliphatic heterocycles. The monoisotopic (exact) mass is 274 g/mol. The molecule has 0 amide bonds. The third-order valence-electron chi connectivity index (χ3n) is 2.38. The number of hydrogen-bond acceptors (Lipinski definition) is 6. The zero-order valence-corrected chi connectivity index (χ0v) is 10.6. The van der Waals surface area contributed by atoms with Crippen LogP contribution in [-0.2, 0) is 4.74 Å². The van der Waals surface area contributed by atoms with Crippen LogP contribution in [-0.4, -0.2) is 29.0 Å². The van der Waals surface area contributed by atoms with Crippen molar-refractivity contribution in [1.82, 2.24) is 0 Å². The highest BCUT2D eigenvalue weighted by Gasteiger charge is 2.16. The highest BCUT2D eigenvalue weighted by Crippen LogP contribution is 2.11. The van der Waals surface area contributed by atoms with Crippen LogP contribution in [0, 0.1) is 10.8 Å². The smallest absolute Gasteiger partial charge is 0.423 e. The average Bonchev–Trinajstić information content (AvgIpc) is 2.89. The summed E-state index contributed by atoms with van der Waals surface area (Å²) in [5.41, 5.74) is 0.880. The molecular weight excluding hydrogens is 263 g/mol. The zero-order valence-electron chi connectivity index (χ0n) is 9.83. The van der Waals surface area contributed by atoms with Gasteiger partial charge in [-0.2, -0.15) is 0 Å². The van der Waals surface area contributed by atoms with Crippen molar-refractivity contribution in [3.8, 4) is 0 Å². The molecule has 0 bridgehead atoms. The largest absolute Gasteiger partial charge is 0.489 e. The van der Waals surface area contributed by atoms with Crippen LogP contribution in [0.4, 0.5) is 0 Å². The third kappa shape index (κ3) is 3.28. The first-order valence-electron chi connectivity index (χ1n) is 5.43. The summed E-state index contributed by atoms with van der Waals surface area (Å²) in [4.78, 5) is 0.434. The van der Waals surface area contributed by atoms with E-state index in [-0.39, 0.29) is 11.8 Å². The molecule has 1 heterocycles. The molecule has 7 heteroatoms. The van der Waals surface area contributed by atoms with E-state index in [9.17, 15) is 0 Å². The zero-order chi connectivity index (χ0) is 13.8. The molecule has 0 aliphatic carbocycles. The molecule has 0 atom stereocenters. The fraction of sp³-hybridized carbons (Fsp3) is 0. The maximum Gasteiger partial charge on any atom is 0.489 e. The quantitative estimate of drug-likeness (QED) is 0.378. The summed E-state index contributed by atoms with van der Waals surface area (Å²) in [5, 5.41) is 35.0. The van der Waals surface area contributed by atoms with Crippen LogP contribution in [0.2, 0.25) is 0 Å². The van der Waals surface area contributed by atoms with E-state index in [1.807, 2.05) is 6.07 Å². The predicted octanol–water partition coefficient (Wildman–Crippen LogP) is 0.795. The van der Waals surface area contributed by atoms with Crippen LogP contribution >= 0.6 is 11.3 Å². The van der Waals surface area contributed by atoms with Gasteiger partial charge in [0.15, 0.2) is 0 Å². The third-order valence-corrected chi connectivity index (χ3v) is 3.33. The molecular formula is C12H11BN2O3S. The minimum absolute atomic E-state index is 0.120. The lowest BCUT2D eigenvalue weighted by molar-refractivity contribution is 0.426. The number of thiophene rings is 1. The van der Waals surface area contributed by atoms with Gasteiger partial charge in [-0.3, -0.25) is 10.8 Å². The summed E-state index contributed by atoms with van der Waals surface area (Å²) in [6.07, 6.45) is 0. The minimum atomic E-state index is -1.56. The Morgan fingerprint density at radius 1 is 1.11 bits per heavy atom. The van der Waals surface area contributed by atoms with Gasteiger partial charge in [0.1, 0.15) is 0 Å². The molecule has 0 aliphatic rings. The Labute approximate surface area is 114 Å². The van der Waals surface area contributed by atoms with Gasteiger partial charge in [0.2, 0.25) is 11.8 Å². The summed E-state index contributed by atoms with van der Waals surface area (Å²) in [5.74, 6) is -0.309. The first-order valence-corrected chi connectivity index (χ1v) is 6.31. The van der Waals surface area contributed by atoms with Crippen molar-refractivity contribution in [3.05, 3.63) is 52.2 Å². The van der Waals surface area contributed by atoms with Crippen molar-refractivity contribution in [3.63, 3.8) is 0 Å². The maximum absolute atomic E-state index is 8.99. The summed E-state index contributed by atoms with van der Waals surface area (Å²) in [6, 6.07) is 10.3. The van der Waals surface area contributed by atoms with E-state index >= 15 is 0 Å². The fourth-order valence-corrected chi connectivity index (χ4v) is 2.21. The van der Waals surface area contributed by atoms with Crippen LogP contribution in [0.25, 0.3) is 0 Å². The highest BCUT2D eigenvalue weighted by molar-refractivity contribution is 7.13. The minimum Gasteiger partial charge on any atom is -0.423 e. The summed E-state index contributed by atoms with van der Waals surface area (Å²) in [7, 11) is -1.56. The molecule has 0 spiro atoms. The molecule has 2 rings (SSSR count). The Morgan fingerprint density at radius 2 is 1.79 bits per heavy atom. The Morgan fingerprint density at radius 3 is 2.37 bits per heavy atom. The van der Waals surface area contributed by atoms with Crippen molar-refractivity contribution in [2.45, 2.75) is 0 Å². The molecule has 4 N–H and O–H groups in total. The lowest BCUT2D eigenvalue weighted by Gasteiger charge is -2.06. The molecule has 0 radical (unpaired) electrons. The van der Waals surface area contributed by atoms with Crippen LogP contribution in [0.3, 0.4) is 0 Å². The summed E-state index contributed by atoms with van der Waals surface area (Å²) in [6.45, 7) is 0. The van der Waals surface area contributed by atoms with Gasteiger partial charge >= 0.3 is 7.12 Å². The summed E-state index contributed by atoms with van der Waals surface area (Å²) >= 11 is 1.16. The van der Waals surface area contributed by atoms with E-state index in [1.165, 1.54) is 11.4 Å². The first-order chi connectivity index (χ1) is 9.08. The van der Waals surface area contributed by atoms with Crippen molar-refractivity contribution in [1.29, 1.82) is 10.8 Å². The summed E-state index contributed by atoms with van der Waals surface area (Å²) < 4.78 is 5.13. The van der Waals surface area contributed by atoms with Gasteiger partial charge in [-0.1, -0.05) is 18.2 Å². The van der Waals surface area contributed by atoms with E-state index in [0.29, 0.717) is 15.9 Å². The standard InChI is InChI=1S/C12H11BN2O3S/c14-11(8-4-2-1-3-5-8)18-12(15)10-6-9(7-19-10)13(16)17/h1-7,14-17H. The molecule has 2 aromatic rings. The van der Waals surface area contributed by atoms with E-state index < -0.39 is 7.12 Å². The Hall–Kier alpha value is -1.96. The van der Waals surface area contributed by atoms with Crippen molar-refractivity contribution in [2.75, 3.05) is 0 Å². The van der Waals surface area contributed by atoms with Crippen molar-refractivity contribution < 1.29 is 14.8 Å². The second-order valence-corrected chi connectivity index (χ2v) is 4.66. The Balaban J connectivity index is 2.06. The van der Waals surface area contributed by atoms with Gasteiger partial charge in [0.25, 0.3) is 0 Å². The van der Waals surface area contributed by atoms with E-state index in [4.69, 9.17) is 25.6 Å². The molecule has 0 saturated carbocycles. The molecule has 0 saturated heterocycles. The SMILES string of the molecule is N=C(OC(=N)c1cc(B(O)O)cs1)c1ccccc1. The Kier molecular flexibility index (Phi) is 4.11. The number of nitrogens with one attached hydrogen (secondary N) is 2. The second kappa shape index (κ2) is 5.79. The van der Waals surface area contributed by atoms with Crippen molar-refractivity contribution >= 4 is 35.7 Å². The van der Waals surface area contributed by atoms with Gasteiger partial charge in [0, 0.05) is 5.56 Å². The number of benzene rings is 1. The molecule has 1 aromatic carbocycles. The van der Waals surface area contributed by atoms with E-state index in [2.05, 4.69) is 0 Å². The van der Waals surface area contributed by atoms with E-state index in [1.54, 1.807) is 24.3 Å². The van der Waals surface area contributed by atoms with Gasteiger partial charge in [-0.05, 0) is 29.0 Å². The van der Waals surface area contributed by atoms with Crippen LogP contribution in [0.1, 0.15) is 10.4 Å². The molecule has 5 nitrogen and oxygen atoms in total.